The minimum absolute atomic E-state index is 0.0472. The Labute approximate surface area is 200 Å². The van der Waals surface area contributed by atoms with Gasteiger partial charge in [0.25, 0.3) is 10.0 Å². The Bertz CT molecular complexity index is 1330. The van der Waals surface area contributed by atoms with Crippen LogP contribution in [-0.2, 0) is 16.2 Å². The number of rotatable bonds is 4. The molecule has 12 heteroatoms. The molecule has 0 amide bonds. The van der Waals surface area contributed by atoms with Gasteiger partial charge in [-0.25, -0.2) is 23.5 Å². The van der Waals surface area contributed by atoms with E-state index in [1.54, 1.807) is 37.4 Å². The molecule has 0 aliphatic carbocycles. The summed E-state index contributed by atoms with van der Waals surface area (Å²) in [6, 6.07) is 10.1. The topological polar surface area (TPSA) is 92.4 Å². The SMILES string of the molecule is Cc1c(Cl)cc(C(F)(F)F)cc1-c1ccnc(N2CCN(c3cccc(S(N)(=O)=O)n3)CC2)c1. The lowest BCUT2D eigenvalue weighted by molar-refractivity contribution is -0.137. The van der Waals surface area contributed by atoms with Crippen molar-refractivity contribution in [3.63, 3.8) is 0 Å². The maximum absolute atomic E-state index is 13.3. The van der Waals surface area contributed by atoms with Gasteiger partial charge in [0.1, 0.15) is 11.6 Å². The van der Waals surface area contributed by atoms with Crippen molar-refractivity contribution in [1.82, 2.24) is 9.97 Å². The van der Waals surface area contributed by atoms with Crippen LogP contribution in [-0.4, -0.2) is 44.6 Å². The lowest BCUT2D eigenvalue weighted by Gasteiger charge is -2.36. The largest absolute Gasteiger partial charge is 0.416 e. The van der Waals surface area contributed by atoms with Crippen LogP contribution in [0.15, 0.2) is 53.7 Å². The minimum atomic E-state index is -4.51. The van der Waals surface area contributed by atoms with Crippen LogP contribution in [0.2, 0.25) is 5.02 Å². The van der Waals surface area contributed by atoms with Gasteiger partial charge in [-0.1, -0.05) is 17.7 Å². The molecule has 2 aromatic heterocycles. The van der Waals surface area contributed by atoms with Gasteiger partial charge in [0.2, 0.25) is 0 Å². The van der Waals surface area contributed by atoms with E-state index in [0.29, 0.717) is 54.5 Å². The lowest BCUT2D eigenvalue weighted by Crippen LogP contribution is -2.47. The minimum Gasteiger partial charge on any atom is -0.353 e. The van der Waals surface area contributed by atoms with E-state index in [1.165, 1.54) is 6.07 Å². The molecular formula is C22H21ClF3N5O2S. The number of nitrogens with two attached hydrogens (primary N) is 1. The number of primary sulfonamides is 1. The summed E-state index contributed by atoms with van der Waals surface area (Å²) < 4.78 is 63.1. The van der Waals surface area contributed by atoms with Crippen molar-refractivity contribution in [2.24, 2.45) is 5.14 Å². The first-order valence-corrected chi connectivity index (χ1v) is 12.2. The van der Waals surface area contributed by atoms with Crippen molar-refractivity contribution in [3.05, 3.63) is 64.8 Å². The smallest absolute Gasteiger partial charge is 0.353 e. The highest BCUT2D eigenvalue weighted by atomic mass is 35.5. The predicted octanol–water partition coefficient (Wildman–Crippen LogP) is 4.10. The van der Waals surface area contributed by atoms with E-state index in [1.807, 2.05) is 9.80 Å². The van der Waals surface area contributed by atoms with Crippen LogP contribution >= 0.6 is 11.6 Å². The van der Waals surface area contributed by atoms with Gasteiger partial charge in [-0.3, -0.25) is 0 Å². The highest BCUT2D eigenvalue weighted by molar-refractivity contribution is 7.89. The molecule has 1 fully saturated rings. The number of pyridine rings is 2. The summed E-state index contributed by atoms with van der Waals surface area (Å²) in [4.78, 5) is 12.5. The summed E-state index contributed by atoms with van der Waals surface area (Å²) >= 11 is 6.09. The van der Waals surface area contributed by atoms with Crippen molar-refractivity contribution >= 4 is 33.3 Å². The van der Waals surface area contributed by atoms with Crippen molar-refractivity contribution in [2.75, 3.05) is 36.0 Å². The van der Waals surface area contributed by atoms with Crippen molar-refractivity contribution in [2.45, 2.75) is 18.1 Å². The molecule has 1 aliphatic heterocycles. The number of halogens is 4. The Morgan fingerprint density at radius 3 is 2.26 bits per heavy atom. The maximum atomic E-state index is 13.3. The molecule has 0 spiro atoms. The zero-order valence-corrected chi connectivity index (χ0v) is 19.6. The zero-order valence-electron chi connectivity index (χ0n) is 18.1. The average Bonchev–Trinajstić information content (AvgIpc) is 2.80. The molecule has 1 aliphatic rings. The maximum Gasteiger partial charge on any atom is 0.416 e. The standard InChI is InChI=1S/C22H21ClF3N5O2S/c1-14-17(12-16(13-18(14)23)22(24,25)26)15-5-6-28-20(11-15)31-9-7-30(8-10-31)19-3-2-4-21(29-19)34(27,32)33/h2-6,11-13H,7-10H2,1H3,(H2,27,32,33). The zero-order chi connectivity index (χ0) is 24.7. The second-order valence-corrected chi connectivity index (χ2v) is 9.80. The van der Waals surface area contributed by atoms with E-state index in [2.05, 4.69) is 9.97 Å². The third-order valence-corrected chi connectivity index (χ3v) is 6.86. The van der Waals surface area contributed by atoms with E-state index in [4.69, 9.17) is 16.7 Å². The summed E-state index contributed by atoms with van der Waals surface area (Å²) in [6.07, 6.45) is -2.95. The fraction of sp³-hybridized carbons (Fsp3) is 0.273. The van der Waals surface area contributed by atoms with Crippen LogP contribution < -0.4 is 14.9 Å². The molecule has 0 atom stereocenters. The molecule has 0 radical (unpaired) electrons. The second kappa shape index (κ2) is 9.05. The predicted molar refractivity (Wildman–Crippen MR) is 124 cm³/mol. The number of sulfonamides is 1. The normalized spacial score (nSPS) is 15.0. The number of aromatic nitrogens is 2. The van der Waals surface area contributed by atoms with Gasteiger partial charge in [-0.05, 0) is 60.0 Å². The first-order chi connectivity index (χ1) is 15.9. The summed E-state index contributed by atoms with van der Waals surface area (Å²) in [5, 5.41) is 5.02. The quantitative estimate of drug-likeness (QED) is 0.567. The van der Waals surface area contributed by atoms with Crippen LogP contribution in [0, 0.1) is 6.92 Å². The number of nitrogens with zero attached hydrogens (tertiary/aromatic N) is 4. The second-order valence-electron chi connectivity index (χ2n) is 7.88. The molecule has 0 bridgehead atoms. The third kappa shape index (κ3) is 5.11. The Balaban J connectivity index is 1.55. The number of hydrogen-bond donors (Lipinski definition) is 1. The summed E-state index contributed by atoms with van der Waals surface area (Å²) in [5.41, 5.74) is 0.725. The van der Waals surface area contributed by atoms with Gasteiger partial charge in [-0.2, -0.15) is 13.2 Å². The number of benzene rings is 1. The molecule has 1 saturated heterocycles. The van der Waals surface area contributed by atoms with Crippen LogP contribution in [0.1, 0.15) is 11.1 Å². The van der Waals surface area contributed by atoms with Crippen molar-refractivity contribution < 1.29 is 21.6 Å². The van der Waals surface area contributed by atoms with Gasteiger partial charge in [0, 0.05) is 37.4 Å². The van der Waals surface area contributed by atoms with E-state index in [9.17, 15) is 21.6 Å². The molecular weight excluding hydrogens is 491 g/mol. The Morgan fingerprint density at radius 2 is 1.65 bits per heavy atom. The van der Waals surface area contributed by atoms with Gasteiger partial charge < -0.3 is 9.80 Å². The molecule has 1 aromatic carbocycles. The summed E-state index contributed by atoms with van der Waals surface area (Å²) in [7, 11) is -3.91. The summed E-state index contributed by atoms with van der Waals surface area (Å²) in [6.45, 7) is 3.88. The monoisotopic (exact) mass is 511 g/mol. The fourth-order valence-electron chi connectivity index (χ4n) is 3.80. The van der Waals surface area contributed by atoms with E-state index >= 15 is 0 Å². The highest BCUT2D eigenvalue weighted by Crippen LogP contribution is 2.38. The lowest BCUT2D eigenvalue weighted by atomic mass is 9.98. The Morgan fingerprint density at radius 1 is 1.00 bits per heavy atom. The first-order valence-electron chi connectivity index (χ1n) is 10.3. The highest BCUT2D eigenvalue weighted by Gasteiger charge is 2.32. The summed E-state index contributed by atoms with van der Waals surface area (Å²) in [5.74, 6) is 1.12. The Kier molecular flexibility index (Phi) is 6.45. The van der Waals surface area contributed by atoms with Gasteiger partial charge in [0.05, 0.1) is 5.56 Å². The number of hydrogen-bond acceptors (Lipinski definition) is 6. The van der Waals surface area contributed by atoms with Gasteiger partial charge in [0.15, 0.2) is 5.03 Å². The van der Waals surface area contributed by atoms with Crippen molar-refractivity contribution in [3.8, 4) is 11.1 Å². The molecule has 0 unspecified atom stereocenters. The molecule has 7 nitrogen and oxygen atoms in total. The van der Waals surface area contributed by atoms with Gasteiger partial charge >= 0.3 is 6.18 Å². The molecule has 34 heavy (non-hydrogen) atoms. The number of piperazine rings is 1. The molecule has 3 aromatic rings. The van der Waals surface area contributed by atoms with E-state index < -0.39 is 21.8 Å². The van der Waals surface area contributed by atoms with Crippen LogP contribution in [0.4, 0.5) is 24.8 Å². The number of anilines is 2. The molecule has 4 rings (SSSR count). The average molecular weight is 512 g/mol. The molecule has 2 N–H and O–H groups in total. The third-order valence-electron chi connectivity index (χ3n) is 5.66. The molecule has 3 heterocycles. The van der Waals surface area contributed by atoms with Crippen LogP contribution in [0.3, 0.4) is 0 Å². The number of alkyl halides is 3. The Hall–Kier alpha value is -2.89. The molecule has 180 valence electrons. The fourth-order valence-corrected chi connectivity index (χ4v) is 4.51. The van der Waals surface area contributed by atoms with Crippen molar-refractivity contribution in [1.29, 1.82) is 0 Å². The van der Waals surface area contributed by atoms with E-state index in [-0.39, 0.29) is 10.0 Å². The van der Waals surface area contributed by atoms with Crippen LogP contribution in [0.25, 0.3) is 11.1 Å². The first kappa shape index (κ1) is 24.2. The van der Waals surface area contributed by atoms with Gasteiger partial charge in [-0.15, -0.1) is 0 Å². The van der Waals surface area contributed by atoms with Crippen LogP contribution in [0.5, 0.6) is 0 Å². The van der Waals surface area contributed by atoms with E-state index in [0.717, 1.165) is 12.1 Å². The molecule has 0 saturated carbocycles.